The van der Waals surface area contributed by atoms with Gasteiger partial charge in [-0.3, -0.25) is 9.78 Å². The molecule has 17 heavy (non-hydrogen) atoms. The highest BCUT2D eigenvalue weighted by atomic mass is 16.1. The van der Waals surface area contributed by atoms with Crippen LogP contribution in [0.4, 0.5) is 11.4 Å². The number of anilines is 2. The van der Waals surface area contributed by atoms with Gasteiger partial charge in [-0.1, -0.05) is 0 Å². The molecule has 0 aliphatic carbocycles. The first-order chi connectivity index (χ1) is 8.31. The molecule has 86 valence electrons. The number of nitrogens with one attached hydrogen (secondary N) is 2. The van der Waals surface area contributed by atoms with E-state index >= 15 is 0 Å². The monoisotopic (exact) mass is 229 g/mol. The first-order valence-corrected chi connectivity index (χ1v) is 4.99. The van der Waals surface area contributed by atoms with E-state index in [9.17, 15) is 4.79 Å². The van der Waals surface area contributed by atoms with Crippen molar-refractivity contribution in [1.29, 1.82) is 0 Å². The lowest BCUT2D eigenvalue weighted by atomic mass is 10.2. The number of amides is 1. The zero-order chi connectivity index (χ0) is 12.1. The van der Waals surface area contributed by atoms with Crippen LogP contribution in [0.3, 0.4) is 0 Å². The third-order valence-corrected chi connectivity index (χ3v) is 2.15. The minimum absolute atomic E-state index is 0.230. The summed E-state index contributed by atoms with van der Waals surface area (Å²) in [5, 5.41) is 5.61. The minimum Gasteiger partial charge on any atom is -0.386 e. The summed E-state index contributed by atoms with van der Waals surface area (Å²) in [6.45, 7) is 0. The van der Waals surface area contributed by atoms with Crippen LogP contribution in [0.15, 0.2) is 37.2 Å². The third kappa shape index (κ3) is 2.54. The van der Waals surface area contributed by atoms with Gasteiger partial charge in [0.2, 0.25) is 0 Å². The van der Waals surface area contributed by atoms with Crippen molar-refractivity contribution < 1.29 is 4.79 Å². The SMILES string of the molecule is CNc1cnccc1C(=O)Nc1cncnc1. The van der Waals surface area contributed by atoms with Gasteiger partial charge in [0.25, 0.3) is 5.91 Å². The molecule has 2 heterocycles. The molecular formula is C11H11N5O. The van der Waals surface area contributed by atoms with E-state index in [1.807, 2.05) is 0 Å². The van der Waals surface area contributed by atoms with Crippen LogP contribution in [0.1, 0.15) is 10.4 Å². The van der Waals surface area contributed by atoms with Crippen molar-refractivity contribution in [1.82, 2.24) is 15.0 Å². The Morgan fingerprint density at radius 2 is 1.94 bits per heavy atom. The van der Waals surface area contributed by atoms with Crippen LogP contribution < -0.4 is 10.6 Å². The Morgan fingerprint density at radius 1 is 1.18 bits per heavy atom. The maximum Gasteiger partial charge on any atom is 0.257 e. The lowest BCUT2D eigenvalue weighted by Crippen LogP contribution is -2.14. The third-order valence-electron chi connectivity index (χ3n) is 2.15. The Labute approximate surface area is 98.1 Å². The Kier molecular flexibility index (Phi) is 3.25. The van der Waals surface area contributed by atoms with Crippen molar-refractivity contribution in [2.24, 2.45) is 0 Å². The van der Waals surface area contributed by atoms with E-state index in [0.717, 1.165) is 0 Å². The first-order valence-electron chi connectivity index (χ1n) is 4.99. The molecular weight excluding hydrogens is 218 g/mol. The highest BCUT2D eigenvalue weighted by Crippen LogP contribution is 2.14. The van der Waals surface area contributed by atoms with Gasteiger partial charge in [-0.2, -0.15) is 0 Å². The molecule has 2 aromatic heterocycles. The zero-order valence-corrected chi connectivity index (χ0v) is 9.21. The maximum absolute atomic E-state index is 12.0. The van der Waals surface area contributed by atoms with Crippen LogP contribution >= 0.6 is 0 Å². The first kappa shape index (κ1) is 11.0. The fourth-order valence-electron chi connectivity index (χ4n) is 1.35. The Bertz CT molecular complexity index is 514. The van der Waals surface area contributed by atoms with E-state index in [1.165, 1.54) is 18.7 Å². The molecule has 6 heteroatoms. The molecule has 0 bridgehead atoms. The molecule has 0 atom stereocenters. The van der Waals surface area contributed by atoms with E-state index in [1.54, 1.807) is 25.5 Å². The predicted molar refractivity (Wildman–Crippen MR) is 63.8 cm³/mol. The number of rotatable bonds is 3. The molecule has 1 amide bonds. The molecule has 0 radical (unpaired) electrons. The summed E-state index contributed by atoms with van der Waals surface area (Å²) >= 11 is 0. The lowest BCUT2D eigenvalue weighted by molar-refractivity contribution is 0.102. The quantitative estimate of drug-likeness (QED) is 0.825. The normalized spacial score (nSPS) is 9.71. The molecule has 0 aromatic carbocycles. The Balaban J connectivity index is 2.20. The Hall–Kier alpha value is -2.50. The minimum atomic E-state index is -0.230. The molecule has 0 unspecified atom stereocenters. The largest absolute Gasteiger partial charge is 0.386 e. The predicted octanol–water partition coefficient (Wildman–Crippen LogP) is 1.17. The van der Waals surface area contributed by atoms with Crippen molar-refractivity contribution in [3.05, 3.63) is 42.7 Å². The van der Waals surface area contributed by atoms with E-state index in [0.29, 0.717) is 16.9 Å². The van der Waals surface area contributed by atoms with Crippen LogP contribution in [0, 0.1) is 0 Å². The van der Waals surface area contributed by atoms with Crippen molar-refractivity contribution in [2.75, 3.05) is 17.7 Å². The standard InChI is InChI=1S/C11H11N5O/c1-12-10-6-13-3-2-9(10)11(17)16-8-4-14-7-15-5-8/h2-7,12H,1H3,(H,16,17). The van der Waals surface area contributed by atoms with Crippen molar-refractivity contribution >= 4 is 17.3 Å². The highest BCUT2D eigenvalue weighted by Gasteiger charge is 2.10. The summed E-state index contributed by atoms with van der Waals surface area (Å²) in [6.07, 6.45) is 7.63. The molecule has 6 nitrogen and oxygen atoms in total. The summed E-state index contributed by atoms with van der Waals surface area (Å²) in [7, 11) is 1.74. The summed E-state index contributed by atoms with van der Waals surface area (Å²) in [5.41, 5.74) is 1.74. The molecule has 0 saturated carbocycles. The topological polar surface area (TPSA) is 79.8 Å². The van der Waals surface area contributed by atoms with Crippen LogP contribution in [0.2, 0.25) is 0 Å². The van der Waals surface area contributed by atoms with Gasteiger partial charge in [0.1, 0.15) is 6.33 Å². The maximum atomic E-state index is 12.0. The van der Waals surface area contributed by atoms with E-state index in [4.69, 9.17) is 0 Å². The smallest absolute Gasteiger partial charge is 0.257 e. The molecule has 2 N–H and O–H groups in total. The Morgan fingerprint density at radius 3 is 2.65 bits per heavy atom. The second-order valence-corrected chi connectivity index (χ2v) is 3.25. The summed E-state index contributed by atoms with van der Waals surface area (Å²) in [4.78, 5) is 23.5. The van der Waals surface area contributed by atoms with Gasteiger partial charge >= 0.3 is 0 Å². The molecule has 0 spiro atoms. The van der Waals surface area contributed by atoms with Gasteiger partial charge < -0.3 is 10.6 Å². The van der Waals surface area contributed by atoms with Crippen molar-refractivity contribution in [3.8, 4) is 0 Å². The number of hydrogen-bond acceptors (Lipinski definition) is 5. The lowest BCUT2D eigenvalue weighted by Gasteiger charge is -2.08. The number of nitrogens with zero attached hydrogens (tertiary/aromatic N) is 3. The summed E-state index contributed by atoms with van der Waals surface area (Å²) in [6, 6.07) is 1.64. The summed E-state index contributed by atoms with van der Waals surface area (Å²) in [5.74, 6) is -0.230. The number of aromatic nitrogens is 3. The molecule has 0 saturated heterocycles. The van der Waals surface area contributed by atoms with Gasteiger partial charge in [-0.15, -0.1) is 0 Å². The average Bonchev–Trinajstić information content (AvgIpc) is 2.40. The molecule has 0 aliphatic heterocycles. The van der Waals surface area contributed by atoms with Crippen LogP contribution in [-0.4, -0.2) is 27.9 Å². The fourth-order valence-corrected chi connectivity index (χ4v) is 1.35. The molecule has 2 aromatic rings. The van der Waals surface area contributed by atoms with Crippen LogP contribution in [0.25, 0.3) is 0 Å². The van der Waals surface area contributed by atoms with Gasteiger partial charge in [0.15, 0.2) is 0 Å². The van der Waals surface area contributed by atoms with E-state index in [-0.39, 0.29) is 5.91 Å². The second kappa shape index (κ2) is 5.02. The number of hydrogen-bond donors (Lipinski definition) is 2. The molecule has 2 rings (SSSR count). The number of carbonyl (C=O) groups excluding carboxylic acids is 1. The highest BCUT2D eigenvalue weighted by molar-refractivity contribution is 6.07. The summed E-state index contributed by atoms with van der Waals surface area (Å²) < 4.78 is 0. The van der Waals surface area contributed by atoms with Gasteiger partial charge in [-0.25, -0.2) is 9.97 Å². The van der Waals surface area contributed by atoms with Crippen LogP contribution in [-0.2, 0) is 0 Å². The number of carbonyl (C=O) groups is 1. The average molecular weight is 229 g/mol. The fraction of sp³-hybridized carbons (Fsp3) is 0.0909. The van der Waals surface area contributed by atoms with Gasteiger partial charge in [-0.05, 0) is 6.07 Å². The van der Waals surface area contributed by atoms with Gasteiger partial charge in [0.05, 0.1) is 35.5 Å². The van der Waals surface area contributed by atoms with Gasteiger partial charge in [0, 0.05) is 13.2 Å². The zero-order valence-electron chi connectivity index (χ0n) is 9.21. The van der Waals surface area contributed by atoms with Crippen molar-refractivity contribution in [3.63, 3.8) is 0 Å². The number of pyridine rings is 1. The van der Waals surface area contributed by atoms with Crippen LogP contribution in [0.5, 0.6) is 0 Å². The molecule has 0 fully saturated rings. The second-order valence-electron chi connectivity index (χ2n) is 3.25. The van der Waals surface area contributed by atoms with Crippen molar-refractivity contribution in [2.45, 2.75) is 0 Å². The van der Waals surface area contributed by atoms with E-state index in [2.05, 4.69) is 25.6 Å². The molecule has 0 aliphatic rings. The van der Waals surface area contributed by atoms with E-state index < -0.39 is 0 Å².